The van der Waals surface area contributed by atoms with E-state index in [2.05, 4.69) is 5.32 Å². The van der Waals surface area contributed by atoms with E-state index in [0.717, 1.165) is 27.5 Å². The molecule has 0 unspecified atom stereocenters. The molecule has 0 saturated carbocycles. The van der Waals surface area contributed by atoms with Crippen LogP contribution in [0.4, 0.5) is 5.69 Å². The predicted octanol–water partition coefficient (Wildman–Crippen LogP) is 4.78. The van der Waals surface area contributed by atoms with Gasteiger partial charge in [-0.3, -0.25) is 4.79 Å². The number of hydrogen-bond acceptors (Lipinski definition) is 4. The number of carbonyl (C=O) groups excluding carboxylic acids is 1. The van der Waals surface area contributed by atoms with Gasteiger partial charge >= 0.3 is 0 Å². The standard InChI is InChI=1S/C28H26N2O4S/c1-34-25-11-13-26(14-12-25)35(32,33)30-16-15-20-9-10-24(17-23(20)19-30)29-28(31)18-22-7-4-6-21-5-2-3-8-27(21)22/h2-14,17H,15-16,18-19H2,1H3,(H,29,31). The number of fused-ring (bicyclic) bond motifs is 2. The first-order chi connectivity index (χ1) is 16.9. The van der Waals surface area contributed by atoms with Crippen molar-refractivity contribution in [2.75, 3.05) is 19.0 Å². The first kappa shape index (κ1) is 23.1. The number of sulfonamides is 1. The minimum absolute atomic E-state index is 0.111. The van der Waals surface area contributed by atoms with Crippen molar-refractivity contribution in [2.45, 2.75) is 24.3 Å². The summed E-state index contributed by atoms with van der Waals surface area (Å²) in [6.45, 7) is 0.672. The summed E-state index contributed by atoms with van der Waals surface area (Å²) in [4.78, 5) is 13.1. The number of amides is 1. The molecule has 0 aliphatic carbocycles. The minimum Gasteiger partial charge on any atom is -0.497 e. The first-order valence-corrected chi connectivity index (χ1v) is 12.9. The van der Waals surface area contributed by atoms with Gasteiger partial charge in [0.05, 0.1) is 18.4 Å². The quantitative estimate of drug-likeness (QED) is 0.426. The first-order valence-electron chi connectivity index (χ1n) is 11.5. The van der Waals surface area contributed by atoms with E-state index < -0.39 is 10.0 Å². The molecule has 7 heteroatoms. The minimum atomic E-state index is -3.64. The van der Waals surface area contributed by atoms with Crippen molar-refractivity contribution in [3.63, 3.8) is 0 Å². The number of ether oxygens (including phenoxy) is 1. The SMILES string of the molecule is COc1ccc(S(=O)(=O)N2CCc3ccc(NC(=O)Cc4cccc5ccccc45)cc3C2)cc1. The monoisotopic (exact) mass is 486 g/mol. The summed E-state index contributed by atoms with van der Waals surface area (Å²) >= 11 is 0. The highest BCUT2D eigenvalue weighted by molar-refractivity contribution is 7.89. The van der Waals surface area contributed by atoms with Gasteiger partial charge in [-0.1, -0.05) is 48.5 Å². The van der Waals surface area contributed by atoms with E-state index >= 15 is 0 Å². The molecule has 0 fully saturated rings. The molecule has 35 heavy (non-hydrogen) atoms. The molecule has 1 amide bonds. The fourth-order valence-corrected chi connectivity index (χ4v) is 5.95. The molecule has 0 spiro atoms. The van der Waals surface area contributed by atoms with E-state index in [-0.39, 0.29) is 23.8 Å². The number of hydrogen-bond donors (Lipinski definition) is 1. The van der Waals surface area contributed by atoms with Gasteiger partial charge in [0.2, 0.25) is 15.9 Å². The van der Waals surface area contributed by atoms with Crippen LogP contribution in [0.1, 0.15) is 16.7 Å². The third kappa shape index (κ3) is 4.78. The van der Waals surface area contributed by atoms with Gasteiger partial charge in [-0.05, 0) is 70.3 Å². The Morgan fingerprint density at radius 2 is 1.71 bits per heavy atom. The topological polar surface area (TPSA) is 75.7 Å². The van der Waals surface area contributed by atoms with Crippen LogP contribution < -0.4 is 10.1 Å². The lowest BCUT2D eigenvalue weighted by Gasteiger charge is -2.28. The molecule has 0 atom stereocenters. The second kappa shape index (κ2) is 9.52. The van der Waals surface area contributed by atoms with Crippen LogP contribution in [0.3, 0.4) is 0 Å². The van der Waals surface area contributed by atoms with Crippen molar-refractivity contribution in [1.82, 2.24) is 4.31 Å². The molecule has 4 aromatic rings. The number of rotatable bonds is 6. The van der Waals surface area contributed by atoms with Gasteiger partial charge in [0.1, 0.15) is 5.75 Å². The maximum Gasteiger partial charge on any atom is 0.243 e. The van der Waals surface area contributed by atoms with Crippen LogP contribution in [0.25, 0.3) is 10.8 Å². The number of anilines is 1. The van der Waals surface area contributed by atoms with Crippen molar-refractivity contribution in [2.24, 2.45) is 0 Å². The number of benzene rings is 4. The third-order valence-corrected chi connectivity index (χ3v) is 8.25. The molecule has 0 bridgehead atoms. The van der Waals surface area contributed by atoms with E-state index in [4.69, 9.17) is 4.74 Å². The number of carbonyl (C=O) groups is 1. The van der Waals surface area contributed by atoms with Crippen molar-refractivity contribution >= 4 is 32.4 Å². The van der Waals surface area contributed by atoms with E-state index in [1.165, 1.54) is 4.31 Å². The Morgan fingerprint density at radius 3 is 2.51 bits per heavy atom. The Labute approximate surface area is 205 Å². The summed E-state index contributed by atoms with van der Waals surface area (Å²) in [5.74, 6) is 0.497. The Hall–Kier alpha value is -3.68. The average Bonchev–Trinajstić information content (AvgIpc) is 2.88. The summed E-state index contributed by atoms with van der Waals surface area (Å²) in [7, 11) is -2.09. The van der Waals surface area contributed by atoms with Crippen LogP contribution in [-0.2, 0) is 34.2 Å². The van der Waals surface area contributed by atoms with Crippen LogP contribution >= 0.6 is 0 Å². The molecule has 0 saturated heterocycles. The Kier molecular flexibility index (Phi) is 6.28. The van der Waals surface area contributed by atoms with E-state index in [0.29, 0.717) is 24.4 Å². The molecule has 4 aromatic carbocycles. The molecule has 0 radical (unpaired) electrons. The summed E-state index contributed by atoms with van der Waals surface area (Å²) in [5.41, 5.74) is 3.63. The molecular weight excluding hydrogens is 460 g/mol. The van der Waals surface area contributed by atoms with Crippen LogP contribution in [0.15, 0.2) is 89.8 Å². The molecule has 1 N–H and O–H groups in total. The smallest absolute Gasteiger partial charge is 0.243 e. The molecule has 1 heterocycles. The maximum atomic E-state index is 13.2. The van der Waals surface area contributed by atoms with Gasteiger partial charge in [0.15, 0.2) is 0 Å². The highest BCUT2D eigenvalue weighted by atomic mass is 32.2. The molecule has 5 rings (SSSR count). The Balaban J connectivity index is 1.31. The number of methoxy groups -OCH3 is 1. The van der Waals surface area contributed by atoms with Gasteiger partial charge in [-0.15, -0.1) is 0 Å². The van der Waals surface area contributed by atoms with E-state index in [1.807, 2.05) is 60.7 Å². The molecule has 1 aliphatic heterocycles. The fraction of sp³-hybridized carbons (Fsp3) is 0.179. The highest BCUT2D eigenvalue weighted by Crippen LogP contribution is 2.28. The normalized spacial score (nSPS) is 13.9. The van der Waals surface area contributed by atoms with Crippen LogP contribution in [0.2, 0.25) is 0 Å². The van der Waals surface area contributed by atoms with Gasteiger partial charge in [-0.25, -0.2) is 8.42 Å². The highest BCUT2D eigenvalue weighted by Gasteiger charge is 2.28. The molecule has 0 aromatic heterocycles. The lowest BCUT2D eigenvalue weighted by Crippen LogP contribution is -2.36. The zero-order valence-electron chi connectivity index (χ0n) is 19.4. The Morgan fingerprint density at radius 1 is 0.943 bits per heavy atom. The van der Waals surface area contributed by atoms with Crippen molar-refractivity contribution in [3.05, 3.63) is 102 Å². The molecule has 6 nitrogen and oxygen atoms in total. The predicted molar refractivity (Wildman–Crippen MR) is 137 cm³/mol. The lowest BCUT2D eigenvalue weighted by atomic mass is 10.00. The number of nitrogens with one attached hydrogen (secondary N) is 1. The second-order valence-corrected chi connectivity index (χ2v) is 10.5. The molecule has 178 valence electrons. The van der Waals surface area contributed by atoms with Crippen LogP contribution in [-0.4, -0.2) is 32.3 Å². The second-order valence-electron chi connectivity index (χ2n) is 8.61. The van der Waals surface area contributed by atoms with Crippen molar-refractivity contribution in [1.29, 1.82) is 0 Å². The summed E-state index contributed by atoms with van der Waals surface area (Å²) in [6, 6.07) is 26.1. The zero-order chi connectivity index (χ0) is 24.4. The largest absolute Gasteiger partial charge is 0.497 e. The van der Waals surface area contributed by atoms with Gasteiger partial charge in [-0.2, -0.15) is 4.31 Å². The number of nitrogens with zero attached hydrogens (tertiary/aromatic N) is 1. The molecule has 1 aliphatic rings. The summed E-state index contributed by atoms with van der Waals surface area (Å²) < 4.78 is 33.0. The lowest BCUT2D eigenvalue weighted by molar-refractivity contribution is -0.115. The van der Waals surface area contributed by atoms with Crippen molar-refractivity contribution < 1.29 is 17.9 Å². The average molecular weight is 487 g/mol. The van der Waals surface area contributed by atoms with Gasteiger partial charge < -0.3 is 10.1 Å². The third-order valence-electron chi connectivity index (χ3n) is 6.40. The molecular formula is C28H26N2O4S. The van der Waals surface area contributed by atoms with E-state index in [1.54, 1.807) is 31.4 Å². The van der Waals surface area contributed by atoms with Crippen LogP contribution in [0, 0.1) is 0 Å². The zero-order valence-corrected chi connectivity index (χ0v) is 20.2. The Bertz CT molecular complexity index is 1490. The summed E-state index contributed by atoms with van der Waals surface area (Å²) in [5, 5.41) is 5.15. The summed E-state index contributed by atoms with van der Waals surface area (Å²) in [6.07, 6.45) is 0.880. The van der Waals surface area contributed by atoms with Gasteiger partial charge in [0.25, 0.3) is 0 Å². The maximum absolute atomic E-state index is 13.2. The van der Waals surface area contributed by atoms with Gasteiger partial charge in [0, 0.05) is 18.8 Å². The van der Waals surface area contributed by atoms with Crippen molar-refractivity contribution in [3.8, 4) is 5.75 Å². The van der Waals surface area contributed by atoms with Crippen LogP contribution in [0.5, 0.6) is 5.75 Å². The fourth-order valence-electron chi connectivity index (χ4n) is 4.54. The van der Waals surface area contributed by atoms with E-state index in [9.17, 15) is 13.2 Å².